The summed E-state index contributed by atoms with van der Waals surface area (Å²) in [6.45, 7) is 5.88. The van der Waals surface area contributed by atoms with Gasteiger partial charge in [0, 0.05) is 18.5 Å². The van der Waals surface area contributed by atoms with Crippen LogP contribution in [0.1, 0.15) is 123 Å². The third-order valence-electron chi connectivity index (χ3n) is 9.54. The Balaban J connectivity index is 1.06. The quantitative estimate of drug-likeness (QED) is 0.0266. The van der Waals surface area contributed by atoms with Crippen molar-refractivity contribution in [3.63, 3.8) is 0 Å². The third kappa shape index (κ3) is 15.9. The summed E-state index contributed by atoms with van der Waals surface area (Å²) in [5.74, 6) is 0.724. The van der Waals surface area contributed by atoms with Crippen molar-refractivity contribution in [1.82, 2.24) is 0 Å². The summed E-state index contributed by atoms with van der Waals surface area (Å²) in [4.78, 5) is 35.1. The molecule has 5 rings (SSSR count). The highest BCUT2D eigenvalue weighted by molar-refractivity contribution is 6.32. The second kappa shape index (κ2) is 24.9. The standard InChI is InChI=1S/C50H55ClN2O6/c1-3-5-7-9-11-13-33-56-44-27-23-42(24-28-44)52-36-38-15-19-40(20-16-38)49(54)58-46-31-32-47(51)48(35-46)59-50(55)41-21-17-39(18-22-41)37-53-43-25-29-45(30-26-43)57-34-14-12-10-8-6-4-2/h15-32,35-37H,3-14,33-34H2,1-2H3. The van der Waals surface area contributed by atoms with Crippen molar-refractivity contribution in [1.29, 1.82) is 0 Å². The minimum atomic E-state index is -0.611. The zero-order chi connectivity index (χ0) is 41.5. The summed E-state index contributed by atoms with van der Waals surface area (Å²) < 4.78 is 22.9. The zero-order valence-corrected chi connectivity index (χ0v) is 35.0. The Bertz CT molecular complexity index is 2080. The van der Waals surface area contributed by atoms with Crippen LogP contribution < -0.4 is 18.9 Å². The second-order valence-electron chi connectivity index (χ2n) is 14.4. The van der Waals surface area contributed by atoms with Crippen LogP contribution in [0.15, 0.2) is 125 Å². The van der Waals surface area contributed by atoms with Crippen molar-refractivity contribution < 1.29 is 28.5 Å². The van der Waals surface area contributed by atoms with E-state index in [-0.39, 0.29) is 16.5 Å². The van der Waals surface area contributed by atoms with E-state index in [9.17, 15) is 9.59 Å². The molecule has 0 unspecified atom stereocenters. The number of hydrogen-bond acceptors (Lipinski definition) is 8. The molecule has 0 N–H and O–H groups in total. The molecule has 8 nitrogen and oxygen atoms in total. The van der Waals surface area contributed by atoms with Crippen LogP contribution in [0.4, 0.5) is 11.4 Å². The fraction of sp³-hybridized carbons (Fsp3) is 0.320. The van der Waals surface area contributed by atoms with Crippen molar-refractivity contribution in [2.24, 2.45) is 9.98 Å². The highest BCUT2D eigenvalue weighted by Gasteiger charge is 2.15. The summed E-state index contributed by atoms with van der Waals surface area (Å²) >= 11 is 6.35. The third-order valence-corrected chi connectivity index (χ3v) is 9.85. The fourth-order valence-electron chi connectivity index (χ4n) is 6.06. The number of benzene rings is 5. The second-order valence-corrected chi connectivity index (χ2v) is 14.8. The van der Waals surface area contributed by atoms with E-state index in [0.717, 1.165) is 53.4 Å². The Morgan fingerprint density at radius 3 is 1.36 bits per heavy atom. The topological polar surface area (TPSA) is 95.8 Å². The molecule has 5 aromatic rings. The highest BCUT2D eigenvalue weighted by Crippen LogP contribution is 2.30. The van der Waals surface area contributed by atoms with Gasteiger partial charge in [-0.3, -0.25) is 9.98 Å². The van der Waals surface area contributed by atoms with Gasteiger partial charge in [-0.15, -0.1) is 0 Å². The number of esters is 2. The number of hydrogen-bond donors (Lipinski definition) is 0. The summed E-state index contributed by atoms with van der Waals surface area (Å²) in [6.07, 6.45) is 18.2. The Kier molecular flexibility index (Phi) is 18.7. The summed E-state index contributed by atoms with van der Waals surface area (Å²) in [7, 11) is 0. The minimum Gasteiger partial charge on any atom is -0.494 e. The number of carbonyl (C=O) groups is 2. The summed E-state index contributed by atoms with van der Waals surface area (Å²) in [6, 6.07) is 33.6. The number of ether oxygens (including phenoxy) is 4. The summed E-state index contributed by atoms with van der Waals surface area (Å²) in [5, 5.41) is 0.194. The molecule has 0 radical (unpaired) electrons. The molecule has 9 heteroatoms. The molecule has 308 valence electrons. The first-order chi connectivity index (χ1) is 28.9. The monoisotopic (exact) mass is 814 g/mol. The van der Waals surface area contributed by atoms with Crippen LogP contribution in [0.3, 0.4) is 0 Å². The Labute approximate surface area is 354 Å². The lowest BCUT2D eigenvalue weighted by Gasteiger charge is -2.10. The molecule has 0 saturated carbocycles. The van der Waals surface area contributed by atoms with Gasteiger partial charge in [0.1, 0.15) is 17.2 Å². The van der Waals surface area contributed by atoms with E-state index in [2.05, 4.69) is 23.8 Å². The molecule has 0 aromatic heterocycles. The van der Waals surface area contributed by atoms with Gasteiger partial charge in [0.2, 0.25) is 0 Å². The lowest BCUT2D eigenvalue weighted by atomic mass is 10.1. The van der Waals surface area contributed by atoms with E-state index in [1.165, 1.54) is 82.4 Å². The van der Waals surface area contributed by atoms with Gasteiger partial charge >= 0.3 is 11.9 Å². The van der Waals surface area contributed by atoms with E-state index in [1.807, 2.05) is 48.5 Å². The Morgan fingerprint density at radius 2 is 0.898 bits per heavy atom. The van der Waals surface area contributed by atoms with Gasteiger partial charge in [0.15, 0.2) is 5.75 Å². The first kappa shape index (κ1) is 44.4. The predicted molar refractivity (Wildman–Crippen MR) is 239 cm³/mol. The highest BCUT2D eigenvalue weighted by atomic mass is 35.5. The Hall–Kier alpha value is -5.73. The molecule has 0 saturated heterocycles. The molecule has 0 fully saturated rings. The molecular formula is C50H55ClN2O6. The van der Waals surface area contributed by atoms with Crippen molar-refractivity contribution in [3.8, 4) is 23.0 Å². The van der Waals surface area contributed by atoms with Crippen molar-refractivity contribution in [2.75, 3.05) is 13.2 Å². The van der Waals surface area contributed by atoms with Gasteiger partial charge in [-0.25, -0.2) is 9.59 Å². The van der Waals surface area contributed by atoms with Gasteiger partial charge in [0.25, 0.3) is 0 Å². The summed E-state index contributed by atoms with van der Waals surface area (Å²) in [5.41, 5.74) is 3.88. The van der Waals surface area contributed by atoms with Gasteiger partial charge in [-0.05, 0) is 109 Å². The minimum absolute atomic E-state index is 0.0657. The van der Waals surface area contributed by atoms with Gasteiger partial charge in [0.05, 0.1) is 40.7 Å². The van der Waals surface area contributed by atoms with Crippen LogP contribution in [-0.2, 0) is 0 Å². The van der Waals surface area contributed by atoms with Crippen LogP contribution in [0.2, 0.25) is 5.02 Å². The molecule has 5 aromatic carbocycles. The number of aliphatic imine (C=N–C) groups is 2. The molecule has 0 aliphatic heterocycles. The number of nitrogens with zero attached hydrogens (tertiary/aromatic N) is 2. The average Bonchev–Trinajstić information content (AvgIpc) is 3.26. The largest absolute Gasteiger partial charge is 0.494 e. The average molecular weight is 815 g/mol. The molecular weight excluding hydrogens is 760 g/mol. The molecule has 0 amide bonds. The van der Waals surface area contributed by atoms with Crippen LogP contribution in [-0.4, -0.2) is 37.6 Å². The number of carbonyl (C=O) groups excluding carboxylic acids is 2. The molecule has 0 heterocycles. The number of unbranched alkanes of at least 4 members (excludes halogenated alkanes) is 10. The van der Waals surface area contributed by atoms with Crippen LogP contribution >= 0.6 is 11.6 Å². The fourth-order valence-corrected chi connectivity index (χ4v) is 6.22. The van der Waals surface area contributed by atoms with E-state index in [4.69, 9.17) is 30.5 Å². The molecule has 0 spiro atoms. The normalized spacial score (nSPS) is 11.2. The van der Waals surface area contributed by atoms with Crippen molar-refractivity contribution in [3.05, 3.63) is 143 Å². The first-order valence-electron chi connectivity index (χ1n) is 20.9. The van der Waals surface area contributed by atoms with Gasteiger partial charge in [-0.2, -0.15) is 0 Å². The van der Waals surface area contributed by atoms with Crippen molar-refractivity contribution >= 4 is 47.3 Å². The van der Waals surface area contributed by atoms with Crippen molar-refractivity contribution in [2.45, 2.75) is 90.9 Å². The Morgan fingerprint density at radius 1 is 0.492 bits per heavy atom. The lowest BCUT2D eigenvalue weighted by Crippen LogP contribution is -2.10. The molecule has 59 heavy (non-hydrogen) atoms. The number of rotatable bonds is 24. The number of halogens is 1. The SMILES string of the molecule is CCCCCCCCOc1ccc(N=Cc2ccc(C(=O)Oc3ccc(Cl)c(OC(=O)c4ccc(C=Nc5ccc(OCCCCCCCC)cc5)cc4)c3)cc2)cc1. The van der Waals surface area contributed by atoms with Gasteiger partial charge < -0.3 is 18.9 Å². The lowest BCUT2D eigenvalue weighted by molar-refractivity contribution is 0.0733. The molecule has 0 aliphatic carbocycles. The van der Waals surface area contributed by atoms with Crippen LogP contribution in [0.5, 0.6) is 23.0 Å². The molecule has 0 atom stereocenters. The first-order valence-corrected chi connectivity index (χ1v) is 21.3. The maximum Gasteiger partial charge on any atom is 0.343 e. The van der Waals surface area contributed by atoms with Crippen LogP contribution in [0, 0.1) is 0 Å². The zero-order valence-electron chi connectivity index (χ0n) is 34.2. The molecule has 0 aliphatic rings. The predicted octanol–water partition coefficient (Wildman–Crippen LogP) is 13.8. The van der Waals surface area contributed by atoms with E-state index in [0.29, 0.717) is 17.7 Å². The van der Waals surface area contributed by atoms with E-state index >= 15 is 0 Å². The van der Waals surface area contributed by atoms with Crippen LogP contribution in [0.25, 0.3) is 0 Å². The smallest absolute Gasteiger partial charge is 0.343 e. The maximum absolute atomic E-state index is 13.0. The molecule has 0 bridgehead atoms. The maximum atomic E-state index is 13.0. The van der Waals surface area contributed by atoms with E-state index < -0.39 is 11.9 Å². The van der Waals surface area contributed by atoms with Gasteiger partial charge in [-0.1, -0.05) is 114 Å². The van der Waals surface area contributed by atoms with E-state index in [1.54, 1.807) is 61.0 Å².